The van der Waals surface area contributed by atoms with Crippen molar-refractivity contribution in [2.24, 2.45) is 0 Å². The van der Waals surface area contributed by atoms with E-state index < -0.39 is 12.8 Å². The van der Waals surface area contributed by atoms with Gasteiger partial charge < -0.3 is 4.74 Å². The number of hydrogen-bond donors (Lipinski definition) is 1. The maximum Gasteiger partial charge on any atom is 0.411 e. The number of H-pyrrole nitrogens is 1. The zero-order valence-electron chi connectivity index (χ0n) is 9.65. The Bertz CT molecular complexity index is 591. The molecule has 0 fully saturated rings. The minimum absolute atomic E-state index is 0.276. The molecule has 4 nitrogen and oxygen atoms in total. The van der Waals surface area contributed by atoms with Gasteiger partial charge in [0.15, 0.2) is 10.6 Å². The van der Waals surface area contributed by atoms with Crippen LogP contribution < -0.4 is 0 Å². The second-order valence-corrected chi connectivity index (χ2v) is 4.11. The smallest absolute Gasteiger partial charge is 0.364 e. The lowest BCUT2D eigenvalue weighted by atomic mass is 10.3. The van der Waals surface area contributed by atoms with E-state index >= 15 is 0 Å². The van der Waals surface area contributed by atoms with Crippen molar-refractivity contribution < 1.29 is 17.9 Å². The Hall–Kier alpha value is -1.67. The van der Waals surface area contributed by atoms with Gasteiger partial charge in [-0.15, -0.1) is 0 Å². The molecule has 0 saturated heterocycles. The topological polar surface area (TPSA) is 42.8 Å². The Labute approximate surface area is 111 Å². The Morgan fingerprint density at radius 1 is 1.26 bits per heavy atom. The average molecular weight is 289 g/mol. The van der Waals surface area contributed by atoms with Crippen LogP contribution in [-0.4, -0.2) is 27.5 Å². The summed E-state index contributed by atoms with van der Waals surface area (Å²) in [6, 6.07) is 8.97. The van der Waals surface area contributed by atoms with Crippen molar-refractivity contribution in [1.82, 2.24) is 14.8 Å². The first-order valence-electron chi connectivity index (χ1n) is 5.33. The average Bonchev–Trinajstić information content (AvgIpc) is 2.70. The summed E-state index contributed by atoms with van der Waals surface area (Å²) in [4.78, 5) is 0. The van der Waals surface area contributed by atoms with Crippen LogP contribution in [-0.2, 0) is 11.3 Å². The first-order valence-corrected chi connectivity index (χ1v) is 5.74. The van der Waals surface area contributed by atoms with Crippen molar-refractivity contribution in [3.63, 3.8) is 0 Å². The normalized spacial score (nSPS) is 11.7. The molecule has 0 atom stereocenters. The van der Waals surface area contributed by atoms with Crippen LogP contribution in [0, 0.1) is 4.77 Å². The molecule has 0 radical (unpaired) electrons. The highest BCUT2D eigenvalue weighted by atomic mass is 32.1. The second-order valence-electron chi connectivity index (χ2n) is 3.72. The van der Waals surface area contributed by atoms with Crippen LogP contribution in [0.3, 0.4) is 0 Å². The molecule has 1 heterocycles. The monoisotopic (exact) mass is 289 g/mol. The first-order chi connectivity index (χ1) is 8.97. The predicted molar refractivity (Wildman–Crippen MR) is 64.5 cm³/mol. The van der Waals surface area contributed by atoms with Crippen LogP contribution in [0.5, 0.6) is 0 Å². The van der Waals surface area contributed by atoms with Crippen molar-refractivity contribution >= 4 is 12.2 Å². The number of halogens is 3. The van der Waals surface area contributed by atoms with Gasteiger partial charge in [-0.3, -0.25) is 9.67 Å². The van der Waals surface area contributed by atoms with Crippen molar-refractivity contribution in [3.8, 4) is 5.69 Å². The van der Waals surface area contributed by atoms with Crippen molar-refractivity contribution in [1.29, 1.82) is 0 Å². The molecule has 0 spiro atoms. The second kappa shape index (κ2) is 5.54. The Balaban J connectivity index is 2.17. The fourth-order valence-corrected chi connectivity index (χ4v) is 1.78. The van der Waals surface area contributed by atoms with E-state index in [1.807, 2.05) is 6.07 Å². The molecule has 0 aliphatic heterocycles. The number of hydrogen-bond acceptors (Lipinski definition) is 3. The van der Waals surface area contributed by atoms with Gasteiger partial charge in [-0.1, -0.05) is 18.2 Å². The number of nitrogens with one attached hydrogen (secondary N) is 1. The highest BCUT2D eigenvalue weighted by Crippen LogP contribution is 2.16. The van der Waals surface area contributed by atoms with Crippen LogP contribution in [0.1, 0.15) is 5.82 Å². The largest absolute Gasteiger partial charge is 0.411 e. The van der Waals surface area contributed by atoms with Crippen LogP contribution >= 0.6 is 12.2 Å². The number of aromatic nitrogens is 3. The summed E-state index contributed by atoms with van der Waals surface area (Å²) in [7, 11) is 0. The third-order valence-electron chi connectivity index (χ3n) is 2.25. The number of alkyl halides is 3. The molecule has 0 aliphatic carbocycles. The summed E-state index contributed by atoms with van der Waals surface area (Å²) in [5, 5.41) is 6.40. The summed E-state index contributed by atoms with van der Waals surface area (Å²) in [6.07, 6.45) is -4.36. The van der Waals surface area contributed by atoms with Gasteiger partial charge in [0.05, 0.1) is 0 Å². The van der Waals surface area contributed by atoms with E-state index in [-0.39, 0.29) is 6.61 Å². The fourth-order valence-electron chi connectivity index (χ4n) is 1.53. The predicted octanol–water partition coefficient (Wildman–Crippen LogP) is 3.01. The maximum absolute atomic E-state index is 12.0. The Morgan fingerprint density at radius 3 is 2.58 bits per heavy atom. The highest BCUT2D eigenvalue weighted by molar-refractivity contribution is 7.71. The Kier molecular flexibility index (Phi) is 4.01. The molecule has 19 heavy (non-hydrogen) atoms. The minimum Gasteiger partial charge on any atom is -0.364 e. The molecule has 0 aliphatic rings. The van der Waals surface area contributed by atoms with E-state index in [1.165, 1.54) is 4.57 Å². The van der Waals surface area contributed by atoms with Crippen molar-refractivity contribution in [2.75, 3.05) is 6.61 Å². The minimum atomic E-state index is -4.36. The summed E-state index contributed by atoms with van der Waals surface area (Å²) in [5.74, 6) is 0.292. The quantitative estimate of drug-likeness (QED) is 0.880. The molecule has 0 unspecified atom stereocenters. The van der Waals surface area contributed by atoms with Crippen LogP contribution in [0.2, 0.25) is 0 Å². The van der Waals surface area contributed by atoms with Gasteiger partial charge in [0, 0.05) is 5.69 Å². The third kappa shape index (κ3) is 3.65. The summed E-state index contributed by atoms with van der Waals surface area (Å²) >= 11 is 5.05. The van der Waals surface area contributed by atoms with E-state index in [0.29, 0.717) is 16.3 Å². The summed E-state index contributed by atoms with van der Waals surface area (Å²) < 4.78 is 42.4. The standard InChI is InChI=1S/C11H10F3N3OS/c12-11(13,14)7-18-6-9-15-16-10(19)17(9)8-4-2-1-3-5-8/h1-5H,6-7H2,(H,16,19). The van der Waals surface area contributed by atoms with Gasteiger partial charge in [-0.25, -0.2) is 0 Å². The summed E-state index contributed by atoms with van der Waals surface area (Å²) in [5.41, 5.74) is 0.715. The number of ether oxygens (including phenoxy) is 1. The molecule has 8 heteroatoms. The third-order valence-corrected chi connectivity index (χ3v) is 2.53. The molecular formula is C11H10F3N3OS. The van der Waals surface area contributed by atoms with Crippen molar-refractivity contribution in [3.05, 3.63) is 40.9 Å². The van der Waals surface area contributed by atoms with Gasteiger partial charge in [-0.2, -0.15) is 18.3 Å². The van der Waals surface area contributed by atoms with Gasteiger partial charge in [0.25, 0.3) is 0 Å². The van der Waals surface area contributed by atoms with Crippen LogP contribution in [0.25, 0.3) is 5.69 Å². The van der Waals surface area contributed by atoms with Crippen molar-refractivity contribution in [2.45, 2.75) is 12.8 Å². The molecule has 2 rings (SSSR count). The highest BCUT2D eigenvalue weighted by Gasteiger charge is 2.27. The maximum atomic E-state index is 12.0. The lowest BCUT2D eigenvalue weighted by molar-refractivity contribution is -0.177. The molecule has 0 bridgehead atoms. The fraction of sp³-hybridized carbons (Fsp3) is 0.273. The van der Waals surface area contributed by atoms with E-state index in [2.05, 4.69) is 14.9 Å². The van der Waals surface area contributed by atoms with Gasteiger partial charge in [0.2, 0.25) is 0 Å². The van der Waals surface area contributed by atoms with Gasteiger partial charge in [0.1, 0.15) is 13.2 Å². The molecule has 1 N–H and O–H groups in total. The molecule has 2 aromatic rings. The van der Waals surface area contributed by atoms with Gasteiger partial charge >= 0.3 is 6.18 Å². The van der Waals surface area contributed by atoms with Crippen LogP contribution in [0.4, 0.5) is 13.2 Å². The number of para-hydroxylation sites is 1. The lowest BCUT2D eigenvalue weighted by Gasteiger charge is -2.09. The zero-order chi connectivity index (χ0) is 13.9. The molecule has 1 aromatic carbocycles. The van der Waals surface area contributed by atoms with E-state index in [9.17, 15) is 13.2 Å². The molecule has 0 amide bonds. The van der Waals surface area contributed by atoms with Crippen LogP contribution in [0.15, 0.2) is 30.3 Å². The van der Waals surface area contributed by atoms with E-state index in [1.54, 1.807) is 24.3 Å². The zero-order valence-corrected chi connectivity index (χ0v) is 10.5. The first kappa shape index (κ1) is 13.8. The lowest BCUT2D eigenvalue weighted by Crippen LogP contribution is -2.17. The van der Waals surface area contributed by atoms with E-state index in [0.717, 1.165) is 0 Å². The molecule has 1 aromatic heterocycles. The summed E-state index contributed by atoms with van der Waals surface area (Å²) in [6.45, 7) is -1.59. The molecule has 102 valence electrons. The molecular weight excluding hydrogens is 279 g/mol. The van der Waals surface area contributed by atoms with Gasteiger partial charge in [-0.05, 0) is 24.4 Å². The SMILES string of the molecule is FC(F)(F)COCc1n[nH]c(=S)n1-c1ccccc1. The number of nitrogens with zero attached hydrogens (tertiary/aromatic N) is 2. The number of aromatic amines is 1. The number of rotatable bonds is 4. The Morgan fingerprint density at radius 2 is 1.95 bits per heavy atom. The molecule has 0 saturated carbocycles. The van der Waals surface area contributed by atoms with E-state index in [4.69, 9.17) is 12.2 Å². The number of benzene rings is 1.